The largest absolute Gasteiger partial charge is 0.480 e. The van der Waals surface area contributed by atoms with Crippen molar-refractivity contribution in [3.8, 4) is 0 Å². The van der Waals surface area contributed by atoms with Crippen LogP contribution in [0.15, 0.2) is 18.2 Å². The van der Waals surface area contributed by atoms with Crippen LogP contribution in [0.4, 0.5) is 5.69 Å². The number of para-hydroxylation sites is 1. The Labute approximate surface area is 137 Å². The first-order valence-corrected chi connectivity index (χ1v) is 8.37. The van der Waals surface area contributed by atoms with Crippen molar-refractivity contribution in [2.24, 2.45) is 0 Å². The van der Waals surface area contributed by atoms with E-state index in [4.69, 9.17) is 0 Å². The molecular formula is C18H26N2O3. The Hall–Kier alpha value is -1.88. The van der Waals surface area contributed by atoms with E-state index in [1.807, 2.05) is 18.2 Å². The molecule has 5 heteroatoms. The number of rotatable bonds is 8. The Balaban J connectivity index is 2.11. The maximum atomic E-state index is 12.5. The monoisotopic (exact) mass is 318 g/mol. The van der Waals surface area contributed by atoms with E-state index in [0.717, 1.165) is 42.5 Å². The van der Waals surface area contributed by atoms with Crippen molar-refractivity contribution in [1.82, 2.24) is 4.90 Å². The Morgan fingerprint density at radius 3 is 2.26 bits per heavy atom. The van der Waals surface area contributed by atoms with Gasteiger partial charge in [-0.15, -0.1) is 0 Å². The molecule has 1 fully saturated rings. The lowest BCUT2D eigenvalue weighted by molar-refractivity contribution is -0.143. The molecule has 0 spiro atoms. The fraction of sp³-hybridized carbons (Fsp3) is 0.556. The molecule has 0 aromatic heterocycles. The van der Waals surface area contributed by atoms with E-state index in [2.05, 4.69) is 19.2 Å². The highest BCUT2D eigenvalue weighted by Gasteiger charge is 2.36. The van der Waals surface area contributed by atoms with E-state index in [9.17, 15) is 14.7 Å². The fourth-order valence-corrected chi connectivity index (χ4v) is 2.88. The first-order valence-electron chi connectivity index (χ1n) is 8.37. The van der Waals surface area contributed by atoms with Crippen LogP contribution < -0.4 is 5.32 Å². The third-order valence-corrected chi connectivity index (χ3v) is 4.46. The van der Waals surface area contributed by atoms with Crippen molar-refractivity contribution >= 4 is 17.6 Å². The van der Waals surface area contributed by atoms with E-state index >= 15 is 0 Å². The number of aryl methyl sites for hydroxylation is 2. The zero-order valence-corrected chi connectivity index (χ0v) is 14.1. The molecule has 0 radical (unpaired) electrons. The number of nitrogens with zero attached hydrogens (tertiary/aromatic N) is 1. The summed E-state index contributed by atoms with van der Waals surface area (Å²) in [6, 6.07) is 5.64. The standard InChI is InChI=1S/C18H26N2O3/c1-4-13-7-6-8-14(5-2)17(13)19-16(21)11-20(15-9-10-15)12(3)18(22)23/h6-8,12,15H,4-5,9-11H2,1-3H3,(H,19,21)(H,22,23). The van der Waals surface area contributed by atoms with Crippen molar-refractivity contribution in [2.45, 2.75) is 58.5 Å². The molecular weight excluding hydrogens is 292 g/mol. The quantitative estimate of drug-likeness (QED) is 0.773. The average Bonchev–Trinajstić information content (AvgIpc) is 3.36. The van der Waals surface area contributed by atoms with Gasteiger partial charge < -0.3 is 10.4 Å². The number of amides is 1. The lowest BCUT2D eigenvalue weighted by Crippen LogP contribution is -2.45. The summed E-state index contributed by atoms with van der Waals surface area (Å²) in [4.78, 5) is 25.5. The number of hydrogen-bond donors (Lipinski definition) is 2. The lowest BCUT2D eigenvalue weighted by atomic mass is 10.0. The van der Waals surface area contributed by atoms with Crippen LogP contribution in [0.3, 0.4) is 0 Å². The summed E-state index contributed by atoms with van der Waals surface area (Å²) >= 11 is 0. The van der Waals surface area contributed by atoms with Gasteiger partial charge in [-0.3, -0.25) is 14.5 Å². The number of carbonyl (C=O) groups is 2. The first-order chi connectivity index (χ1) is 11.0. The van der Waals surface area contributed by atoms with Gasteiger partial charge in [-0.1, -0.05) is 32.0 Å². The van der Waals surface area contributed by atoms with Gasteiger partial charge in [-0.2, -0.15) is 0 Å². The number of carbonyl (C=O) groups excluding carboxylic acids is 1. The van der Waals surface area contributed by atoms with Crippen LogP contribution in [0.2, 0.25) is 0 Å². The molecule has 0 aliphatic heterocycles. The summed E-state index contributed by atoms with van der Waals surface area (Å²) < 4.78 is 0. The SMILES string of the molecule is CCc1cccc(CC)c1NC(=O)CN(C1CC1)C(C)C(=O)O. The predicted molar refractivity (Wildman–Crippen MR) is 90.7 cm³/mol. The summed E-state index contributed by atoms with van der Waals surface area (Å²) in [6.07, 6.45) is 3.63. The summed E-state index contributed by atoms with van der Waals surface area (Å²) in [5.74, 6) is -1.02. The van der Waals surface area contributed by atoms with E-state index in [1.165, 1.54) is 0 Å². The van der Waals surface area contributed by atoms with Crippen molar-refractivity contribution in [3.05, 3.63) is 29.3 Å². The molecule has 1 unspecified atom stereocenters. The normalized spacial score (nSPS) is 15.5. The maximum Gasteiger partial charge on any atom is 0.320 e. The van der Waals surface area contributed by atoms with Crippen LogP contribution in [-0.4, -0.2) is 40.5 Å². The molecule has 1 atom stereocenters. The molecule has 0 heterocycles. The molecule has 2 N–H and O–H groups in total. The van der Waals surface area contributed by atoms with Crippen LogP contribution >= 0.6 is 0 Å². The molecule has 0 bridgehead atoms. The highest BCUT2D eigenvalue weighted by atomic mass is 16.4. The first kappa shape index (κ1) is 17.5. The summed E-state index contributed by atoms with van der Waals surface area (Å²) in [5.41, 5.74) is 3.12. The molecule has 1 amide bonds. The second-order valence-corrected chi connectivity index (χ2v) is 6.12. The van der Waals surface area contributed by atoms with Gasteiger partial charge in [-0.25, -0.2) is 0 Å². The van der Waals surface area contributed by atoms with Gasteiger partial charge in [0.05, 0.1) is 6.54 Å². The van der Waals surface area contributed by atoms with Gasteiger partial charge in [0.15, 0.2) is 0 Å². The lowest BCUT2D eigenvalue weighted by Gasteiger charge is -2.26. The predicted octanol–water partition coefficient (Wildman–Crippen LogP) is 2.69. The molecule has 126 valence electrons. The van der Waals surface area contributed by atoms with Gasteiger partial charge in [0.1, 0.15) is 6.04 Å². The molecule has 1 aromatic rings. The number of anilines is 1. The van der Waals surface area contributed by atoms with Crippen LogP contribution in [0.5, 0.6) is 0 Å². The third kappa shape index (κ3) is 4.32. The number of aliphatic carboxylic acids is 1. The molecule has 1 aliphatic rings. The second-order valence-electron chi connectivity index (χ2n) is 6.12. The highest BCUT2D eigenvalue weighted by Crippen LogP contribution is 2.29. The summed E-state index contributed by atoms with van der Waals surface area (Å²) in [6.45, 7) is 5.89. The third-order valence-electron chi connectivity index (χ3n) is 4.46. The highest BCUT2D eigenvalue weighted by molar-refractivity contribution is 5.94. The minimum absolute atomic E-state index is 0.124. The van der Waals surface area contributed by atoms with Crippen molar-refractivity contribution < 1.29 is 14.7 Å². The molecule has 5 nitrogen and oxygen atoms in total. The van der Waals surface area contributed by atoms with Gasteiger partial charge >= 0.3 is 5.97 Å². The zero-order valence-electron chi connectivity index (χ0n) is 14.1. The summed E-state index contributed by atoms with van der Waals surface area (Å²) in [5, 5.41) is 12.2. The minimum Gasteiger partial charge on any atom is -0.480 e. The minimum atomic E-state index is -0.882. The van der Waals surface area contributed by atoms with Crippen LogP contribution in [0, 0.1) is 0 Å². The van der Waals surface area contributed by atoms with Crippen molar-refractivity contribution in [2.75, 3.05) is 11.9 Å². The van der Waals surface area contributed by atoms with Gasteiger partial charge in [0.2, 0.25) is 5.91 Å². The Morgan fingerprint density at radius 2 is 1.83 bits per heavy atom. The number of carboxylic acids is 1. The number of carboxylic acid groups (broad SMARTS) is 1. The van der Waals surface area contributed by atoms with E-state index < -0.39 is 12.0 Å². The second kappa shape index (κ2) is 7.59. The van der Waals surface area contributed by atoms with Gasteiger partial charge in [0.25, 0.3) is 0 Å². The fourth-order valence-electron chi connectivity index (χ4n) is 2.88. The van der Waals surface area contributed by atoms with E-state index in [0.29, 0.717) is 0 Å². The Kier molecular flexibility index (Phi) is 5.77. The van der Waals surface area contributed by atoms with Crippen molar-refractivity contribution in [1.29, 1.82) is 0 Å². The molecule has 1 saturated carbocycles. The van der Waals surface area contributed by atoms with Crippen LogP contribution in [0.25, 0.3) is 0 Å². The number of hydrogen-bond acceptors (Lipinski definition) is 3. The van der Waals surface area contributed by atoms with Crippen molar-refractivity contribution in [3.63, 3.8) is 0 Å². The molecule has 1 aromatic carbocycles. The number of nitrogens with one attached hydrogen (secondary N) is 1. The molecule has 23 heavy (non-hydrogen) atoms. The van der Waals surface area contributed by atoms with E-state index in [-0.39, 0.29) is 18.5 Å². The molecule has 0 saturated heterocycles. The number of benzene rings is 1. The Morgan fingerprint density at radius 1 is 1.26 bits per heavy atom. The topological polar surface area (TPSA) is 69.6 Å². The zero-order chi connectivity index (χ0) is 17.0. The maximum absolute atomic E-state index is 12.5. The van der Waals surface area contributed by atoms with Crippen LogP contribution in [-0.2, 0) is 22.4 Å². The van der Waals surface area contributed by atoms with Gasteiger partial charge in [-0.05, 0) is 43.7 Å². The molecule has 1 aliphatic carbocycles. The van der Waals surface area contributed by atoms with Gasteiger partial charge in [0, 0.05) is 11.7 Å². The summed E-state index contributed by atoms with van der Waals surface area (Å²) in [7, 11) is 0. The van der Waals surface area contributed by atoms with E-state index in [1.54, 1.807) is 11.8 Å². The smallest absolute Gasteiger partial charge is 0.320 e. The average molecular weight is 318 g/mol. The Bertz CT molecular complexity index is 559. The molecule has 2 rings (SSSR count). The van der Waals surface area contributed by atoms with Crippen LogP contribution in [0.1, 0.15) is 44.7 Å².